The van der Waals surface area contributed by atoms with E-state index in [-0.39, 0.29) is 5.69 Å². The quantitative estimate of drug-likeness (QED) is 0.380. The Hall–Kier alpha value is -3.06. The lowest BCUT2D eigenvalue weighted by Crippen LogP contribution is -2.14. The third kappa shape index (κ3) is 3.78. The molecule has 0 saturated carbocycles. The molecule has 0 aliphatic rings. The first-order valence-corrected chi connectivity index (χ1v) is 9.05. The Morgan fingerprint density at radius 3 is 2.65 bits per heavy atom. The first-order valence-electron chi connectivity index (χ1n) is 8.17. The second-order valence-electron chi connectivity index (χ2n) is 5.61. The predicted octanol–water partition coefficient (Wildman–Crippen LogP) is 4.47. The molecule has 0 bridgehead atoms. The van der Waals surface area contributed by atoms with Gasteiger partial charge >= 0.3 is 0 Å². The summed E-state index contributed by atoms with van der Waals surface area (Å²) in [6.45, 7) is 4.64. The van der Waals surface area contributed by atoms with E-state index in [4.69, 9.17) is 0 Å². The Labute approximate surface area is 154 Å². The van der Waals surface area contributed by atoms with Crippen LogP contribution in [0.2, 0.25) is 0 Å². The van der Waals surface area contributed by atoms with Gasteiger partial charge in [0.1, 0.15) is 0 Å². The molecule has 1 heterocycles. The van der Waals surface area contributed by atoms with Crippen molar-refractivity contribution in [2.24, 2.45) is 10.2 Å². The highest BCUT2D eigenvalue weighted by atomic mass is 32.1. The van der Waals surface area contributed by atoms with Gasteiger partial charge in [0.25, 0.3) is 5.69 Å². The van der Waals surface area contributed by atoms with Crippen LogP contribution in [-0.4, -0.2) is 15.2 Å². The lowest BCUT2D eigenvalue weighted by molar-refractivity contribution is -0.384. The van der Waals surface area contributed by atoms with Crippen LogP contribution in [0.3, 0.4) is 0 Å². The Balaban J connectivity index is 1.98. The maximum Gasteiger partial charge on any atom is 0.270 e. The average Bonchev–Trinajstić information content (AvgIpc) is 3.09. The maximum atomic E-state index is 10.9. The number of aromatic nitrogens is 1. The molecular formula is C19H18N4O2S. The summed E-state index contributed by atoms with van der Waals surface area (Å²) < 4.78 is 2.10. The van der Waals surface area contributed by atoms with Crippen LogP contribution in [0.1, 0.15) is 19.4 Å². The molecule has 0 saturated heterocycles. The van der Waals surface area contributed by atoms with Crippen LogP contribution in [0.25, 0.3) is 11.3 Å². The van der Waals surface area contributed by atoms with Crippen LogP contribution in [0.15, 0.2) is 70.2 Å². The van der Waals surface area contributed by atoms with Gasteiger partial charge in [0, 0.05) is 29.6 Å². The van der Waals surface area contributed by atoms with Crippen LogP contribution in [0.5, 0.6) is 0 Å². The summed E-state index contributed by atoms with van der Waals surface area (Å²) in [5.41, 5.74) is 3.59. The Morgan fingerprint density at radius 1 is 1.19 bits per heavy atom. The lowest BCUT2D eigenvalue weighted by atomic mass is 10.1. The summed E-state index contributed by atoms with van der Waals surface area (Å²) in [4.78, 5) is 11.3. The average molecular weight is 366 g/mol. The van der Waals surface area contributed by atoms with Gasteiger partial charge in [0.2, 0.25) is 4.80 Å². The number of nitro groups is 1. The fraction of sp³-hybridized carbons (Fsp3) is 0.158. The van der Waals surface area contributed by atoms with E-state index in [0.717, 1.165) is 22.6 Å². The van der Waals surface area contributed by atoms with Crippen molar-refractivity contribution in [3.8, 4) is 11.3 Å². The number of thiazole rings is 1. The standard InChI is InChI=1S/C19H18N4O2S/c1-3-22-18(15-8-5-4-6-9-15)13-26-19(22)21-20-14(2)16-10-7-11-17(12-16)23(24)25/h4-13H,3H2,1-2H3/b20-14-,21-19-. The molecule has 0 amide bonds. The molecule has 0 aliphatic heterocycles. The van der Waals surface area contributed by atoms with Gasteiger partial charge in [-0.15, -0.1) is 16.4 Å². The molecular weight excluding hydrogens is 348 g/mol. The minimum atomic E-state index is -0.412. The van der Waals surface area contributed by atoms with Crippen LogP contribution in [0.4, 0.5) is 5.69 Å². The third-order valence-electron chi connectivity index (χ3n) is 3.94. The fourth-order valence-electron chi connectivity index (χ4n) is 2.57. The van der Waals surface area contributed by atoms with Crippen LogP contribution < -0.4 is 4.80 Å². The normalized spacial score (nSPS) is 12.4. The summed E-state index contributed by atoms with van der Waals surface area (Å²) in [7, 11) is 0. The number of hydrogen-bond acceptors (Lipinski definition) is 5. The maximum absolute atomic E-state index is 10.9. The molecule has 1 aromatic heterocycles. The van der Waals surface area contributed by atoms with E-state index >= 15 is 0 Å². The van der Waals surface area contributed by atoms with Gasteiger partial charge in [-0.25, -0.2) is 0 Å². The van der Waals surface area contributed by atoms with Crippen molar-refractivity contribution in [2.75, 3.05) is 0 Å². The summed E-state index contributed by atoms with van der Waals surface area (Å²) in [5, 5.41) is 21.6. The molecule has 6 nitrogen and oxygen atoms in total. The molecule has 7 heteroatoms. The molecule has 0 N–H and O–H groups in total. The number of benzene rings is 2. The first kappa shape index (κ1) is 17.8. The molecule has 0 atom stereocenters. The largest absolute Gasteiger partial charge is 0.315 e. The molecule has 0 aliphatic carbocycles. The SMILES string of the molecule is CCn1c(-c2ccccc2)cs/c1=N\N=C(\C)c1cccc([N+](=O)[O-])c1. The van der Waals surface area contributed by atoms with Crippen LogP contribution in [-0.2, 0) is 6.54 Å². The van der Waals surface area contributed by atoms with Gasteiger partial charge in [-0.05, 0) is 19.4 Å². The number of hydrogen-bond donors (Lipinski definition) is 0. The number of nitro benzene ring substituents is 1. The fourth-order valence-corrected chi connectivity index (χ4v) is 3.50. The summed E-state index contributed by atoms with van der Waals surface area (Å²) >= 11 is 1.52. The second-order valence-corrected chi connectivity index (χ2v) is 6.44. The summed E-state index contributed by atoms with van der Waals surface area (Å²) in [6.07, 6.45) is 0. The molecule has 0 unspecified atom stereocenters. The molecule has 26 heavy (non-hydrogen) atoms. The van der Waals surface area contributed by atoms with Gasteiger partial charge in [-0.2, -0.15) is 5.10 Å². The van der Waals surface area contributed by atoms with E-state index in [1.807, 2.05) is 18.2 Å². The predicted molar refractivity (Wildman–Crippen MR) is 104 cm³/mol. The molecule has 2 aromatic carbocycles. The van der Waals surface area contributed by atoms with Gasteiger partial charge in [-0.1, -0.05) is 42.5 Å². The molecule has 0 spiro atoms. The second kappa shape index (κ2) is 7.88. The van der Waals surface area contributed by atoms with E-state index in [1.54, 1.807) is 19.1 Å². The number of non-ortho nitro benzene ring substituents is 1. The number of nitrogens with zero attached hydrogens (tertiary/aromatic N) is 4. The van der Waals surface area contributed by atoms with Gasteiger partial charge in [0.05, 0.1) is 16.3 Å². The Bertz CT molecular complexity index is 1020. The van der Waals surface area contributed by atoms with Gasteiger partial charge in [0.15, 0.2) is 0 Å². The van der Waals surface area contributed by atoms with Crippen molar-refractivity contribution in [3.05, 3.63) is 80.5 Å². The minimum absolute atomic E-state index is 0.0446. The van der Waals surface area contributed by atoms with Crippen molar-refractivity contribution >= 4 is 22.7 Å². The van der Waals surface area contributed by atoms with Gasteiger partial charge < -0.3 is 4.57 Å². The highest BCUT2D eigenvalue weighted by Crippen LogP contribution is 2.19. The summed E-state index contributed by atoms with van der Waals surface area (Å²) in [6, 6.07) is 16.5. The van der Waals surface area contributed by atoms with Crippen molar-refractivity contribution in [1.29, 1.82) is 0 Å². The minimum Gasteiger partial charge on any atom is -0.315 e. The van der Waals surface area contributed by atoms with E-state index in [9.17, 15) is 10.1 Å². The lowest BCUT2D eigenvalue weighted by Gasteiger charge is -2.05. The highest BCUT2D eigenvalue weighted by Gasteiger charge is 2.08. The zero-order chi connectivity index (χ0) is 18.5. The van der Waals surface area contributed by atoms with E-state index in [0.29, 0.717) is 11.3 Å². The van der Waals surface area contributed by atoms with Crippen LogP contribution >= 0.6 is 11.3 Å². The molecule has 3 aromatic rings. The molecule has 3 rings (SSSR count). The Morgan fingerprint density at radius 2 is 1.96 bits per heavy atom. The molecule has 0 fully saturated rings. The van der Waals surface area contributed by atoms with Crippen molar-refractivity contribution in [2.45, 2.75) is 20.4 Å². The zero-order valence-corrected chi connectivity index (χ0v) is 15.3. The van der Waals surface area contributed by atoms with Crippen molar-refractivity contribution in [3.63, 3.8) is 0 Å². The molecule has 132 valence electrons. The highest BCUT2D eigenvalue weighted by molar-refractivity contribution is 7.07. The number of rotatable bonds is 5. The Kier molecular flexibility index (Phi) is 5.38. The van der Waals surface area contributed by atoms with Crippen molar-refractivity contribution in [1.82, 2.24) is 4.57 Å². The third-order valence-corrected chi connectivity index (χ3v) is 4.80. The van der Waals surface area contributed by atoms with Crippen LogP contribution in [0, 0.1) is 10.1 Å². The zero-order valence-electron chi connectivity index (χ0n) is 14.5. The van der Waals surface area contributed by atoms with Gasteiger partial charge in [-0.3, -0.25) is 10.1 Å². The molecule has 0 radical (unpaired) electrons. The van der Waals surface area contributed by atoms with E-state index in [2.05, 4.69) is 39.2 Å². The van der Waals surface area contributed by atoms with E-state index < -0.39 is 4.92 Å². The van der Waals surface area contributed by atoms with Crippen molar-refractivity contribution < 1.29 is 4.92 Å². The summed E-state index contributed by atoms with van der Waals surface area (Å²) in [5.74, 6) is 0. The smallest absolute Gasteiger partial charge is 0.270 e. The topological polar surface area (TPSA) is 72.8 Å². The first-order chi connectivity index (χ1) is 12.6. The monoisotopic (exact) mass is 366 g/mol. The van der Waals surface area contributed by atoms with E-state index in [1.165, 1.54) is 23.5 Å².